The largest absolute Gasteiger partial charge is 0.371 e. The molecule has 0 aliphatic carbocycles. The molecule has 2 aliphatic heterocycles. The van der Waals surface area contributed by atoms with Crippen LogP contribution in [-0.2, 0) is 0 Å². The molecule has 3 heterocycles. The lowest BCUT2D eigenvalue weighted by Gasteiger charge is -2.36. The normalized spacial score (nSPS) is 19.4. The number of thiophene rings is 1. The van der Waals surface area contributed by atoms with E-state index in [9.17, 15) is 0 Å². The number of rotatable bonds is 4. The van der Waals surface area contributed by atoms with E-state index in [0.29, 0.717) is 0 Å². The highest BCUT2D eigenvalue weighted by Gasteiger charge is 2.23. The Morgan fingerprint density at radius 2 is 1.03 bits per heavy atom. The zero-order valence-corrected chi connectivity index (χ0v) is 20.3. The third-order valence-electron chi connectivity index (χ3n) is 7.56. The maximum atomic E-state index is 2.58. The standard InChI is InChI=1S/C26H36N4S/c1-27(2)19-9-13-29(14-10-19)21-5-7-25-23(17-21)24-18-22(6-8-26(24)31-25)30-15-11-20(12-16-30)28(3)4/h5-8,17-20H,9-16H2,1-4H3. The van der Waals surface area contributed by atoms with Crippen LogP contribution in [0.2, 0.25) is 0 Å². The van der Waals surface area contributed by atoms with Gasteiger partial charge in [-0.05, 0) is 90.3 Å². The van der Waals surface area contributed by atoms with Crippen LogP contribution in [0.15, 0.2) is 36.4 Å². The Hall–Kier alpha value is -1.82. The van der Waals surface area contributed by atoms with Crippen molar-refractivity contribution in [2.75, 3.05) is 64.2 Å². The molecule has 2 aromatic carbocycles. The second-order valence-electron chi connectivity index (χ2n) is 9.83. The first-order chi connectivity index (χ1) is 15.0. The predicted molar refractivity (Wildman–Crippen MR) is 137 cm³/mol. The first-order valence-electron chi connectivity index (χ1n) is 11.8. The van der Waals surface area contributed by atoms with Gasteiger partial charge < -0.3 is 19.6 Å². The molecule has 2 saturated heterocycles. The van der Waals surface area contributed by atoms with Crippen molar-refractivity contribution in [3.8, 4) is 0 Å². The molecular weight excluding hydrogens is 400 g/mol. The number of benzene rings is 2. The van der Waals surface area contributed by atoms with Gasteiger partial charge in [0.15, 0.2) is 0 Å². The summed E-state index contributed by atoms with van der Waals surface area (Å²) in [4.78, 5) is 9.93. The van der Waals surface area contributed by atoms with Crippen LogP contribution in [0.5, 0.6) is 0 Å². The summed E-state index contributed by atoms with van der Waals surface area (Å²) in [5.74, 6) is 0. The first-order valence-corrected chi connectivity index (χ1v) is 12.6. The van der Waals surface area contributed by atoms with E-state index in [4.69, 9.17) is 0 Å². The average molecular weight is 437 g/mol. The topological polar surface area (TPSA) is 13.0 Å². The van der Waals surface area contributed by atoms with Gasteiger partial charge in [0, 0.05) is 69.8 Å². The van der Waals surface area contributed by atoms with Crippen molar-refractivity contribution in [3.05, 3.63) is 36.4 Å². The van der Waals surface area contributed by atoms with Gasteiger partial charge in [-0.1, -0.05) is 0 Å². The van der Waals surface area contributed by atoms with Gasteiger partial charge in [-0.3, -0.25) is 0 Å². The fraction of sp³-hybridized carbons (Fsp3) is 0.538. The minimum atomic E-state index is 0.723. The molecule has 0 N–H and O–H groups in total. The zero-order chi connectivity index (χ0) is 21.5. The minimum Gasteiger partial charge on any atom is -0.371 e. The predicted octanol–water partition coefficient (Wildman–Crippen LogP) is 5.12. The van der Waals surface area contributed by atoms with Crippen molar-refractivity contribution < 1.29 is 0 Å². The number of nitrogens with zero attached hydrogens (tertiary/aromatic N) is 4. The summed E-state index contributed by atoms with van der Waals surface area (Å²) in [6.45, 7) is 4.62. The second-order valence-corrected chi connectivity index (χ2v) is 10.9. The van der Waals surface area contributed by atoms with E-state index in [0.717, 1.165) is 38.3 Å². The van der Waals surface area contributed by atoms with E-state index in [1.54, 1.807) is 0 Å². The quantitative estimate of drug-likeness (QED) is 0.563. The lowest BCUT2D eigenvalue weighted by atomic mass is 10.0. The summed E-state index contributed by atoms with van der Waals surface area (Å²) in [6, 6.07) is 15.7. The van der Waals surface area contributed by atoms with E-state index in [2.05, 4.69) is 84.2 Å². The van der Waals surface area contributed by atoms with Crippen LogP contribution in [0.1, 0.15) is 25.7 Å². The van der Waals surface area contributed by atoms with Crippen LogP contribution >= 0.6 is 11.3 Å². The van der Waals surface area contributed by atoms with Crippen LogP contribution in [0.4, 0.5) is 11.4 Å². The molecule has 5 rings (SSSR count). The lowest BCUT2D eigenvalue weighted by molar-refractivity contribution is 0.249. The van der Waals surface area contributed by atoms with Gasteiger partial charge in [-0.25, -0.2) is 0 Å². The van der Waals surface area contributed by atoms with E-state index >= 15 is 0 Å². The van der Waals surface area contributed by atoms with E-state index in [1.165, 1.54) is 57.2 Å². The van der Waals surface area contributed by atoms with Crippen LogP contribution in [-0.4, -0.2) is 76.3 Å². The molecule has 31 heavy (non-hydrogen) atoms. The molecule has 2 aliphatic rings. The van der Waals surface area contributed by atoms with E-state index < -0.39 is 0 Å². The lowest BCUT2D eigenvalue weighted by Crippen LogP contribution is -2.42. The third kappa shape index (κ3) is 4.15. The molecule has 0 bridgehead atoms. The van der Waals surface area contributed by atoms with Crippen molar-refractivity contribution in [2.45, 2.75) is 37.8 Å². The fourth-order valence-corrected chi connectivity index (χ4v) is 6.49. The molecule has 1 aromatic heterocycles. The number of anilines is 2. The maximum Gasteiger partial charge on any atom is 0.0373 e. The molecule has 0 amide bonds. The first kappa shape index (κ1) is 21.0. The molecular formula is C26H36N4S. The van der Waals surface area contributed by atoms with Crippen molar-refractivity contribution in [1.82, 2.24) is 9.80 Å². The number of piperidine rings is 2. The Morgan fingerprint density at radius 3 is 1.39 bits per heavy atom. The summed E-state index contributed by atoms with van der Waals surface area (Å²) in [7, 11) is 8.85. The van der Waals surface area contributed by atoms with Gasteiger partial charge >= 0.3 is 0 Å². The Balaban J connectivity index is 1.40. The Labute approximate surface area is 191 Å². The number of fused-ring (bicyclic) bond motifs is 3. The van der Waals surface area contributed by atoms with Gasteiger partial charge in [0.1, 0.15) is 0 Å². The number of hydrogen-bond donors (Lipinski definition) is 0. The average Bonchev–Trinajstić information content (AvgIpc) is 3.16. The molecule has 0 radical (unpaired) electrons. The molecule has 5 heteroatoms. The Bertz CT molecular complexity index is 958. The van der Waals surface area contributed by atoms with Gasteiger partial charge in [0.2, 0.25) is 0 Å². The van der Waals surface area contributed by atoms with Crippen LogP contribution in [0.3, 0.4) is 0 Å². The summed E-state index contributed by atoms with van der Waals surface area (Å²) in [6.07, 6.45) is 5.01. The highest BCUT2D eigenvalue weighted by atomic mass is 32.1. The molecule has 4 nitrogen and oxygen atoms in total. The third-order valence-corrected chi connectivity index (χ3v) is 8.71. The van der Waals surface area contributed by atoms with Crippen LogP contribution in [0.25, 0.3) is 20.2 Å². The summed E-state index contributed by atoms with van der Waals surface area (Å²) in [5, 5.41) is 2.86. The SMILES string of the molecule is CN(C)C1CCN(c2ccc3sc4ccc(N5CCC(N(C)C)CC5)cc4c3c2)CC1. The van der Waals surface area contributed by atoms with Crippen molar-refractivity contribution in [1.29, 1.82) is 0 Å². The molecule has 0 saturated carbocycles. The monoisotopic (exact) mass is 436 g/mol. The summed E-state index contributed by atoms with van der Waals surface area (Å²) < 4.78 is 2.82. The van der Waals surface area contributed by atoms with Gasteiger partial charge in [0.05, 0.1) is 0 Å². The van der Waals surface area contributed by atoms with Gasteiger partial charge in [-0.2, -0.15) is 0 Å². The maximum absolute atomic E-state index is 2.58. The Kier molecular flexibility index (Phi) is 5.84. The zero-order valence-electron chi connectivity index (χ0n) is 19.5. The summed E-state index contributed by atoms with van der Waals surface area (Å²) in [5.41, 5.74) is 2.78. The minimum absolute atomic E-state index is 0.723. The van der Waals surface area contributed by atoms with E-state index in [1.807, 2.05) is 11.3 Å². The smallest absolute Gasteiger partial charge is 0.0373 e. The molecule has 0 unspecified atom stereocenters. The second kappa shape index (κ2) is 8.61. The molecule has 0 spiro atoms. The number of hydrogen-bond acceptors (Lipinski definition) is 5. The fourth-order valence-electron chi connectivity index (χ4n) is 5.43. The van der Waals surface area contributed by atoms with Crippen LogP contribution in [0, 0.1) is 0 Å². The van der Waals surface area contributed by atoms with Gasteiger partial charge in [-0.15, -0.1) is 11.3 Å². The summed E-state index contributed by atoms with van der Waals surface area (Å²) >= 11 is 1.93. The van der Waals surface area contributed by atoms with Crippen molar-refractivity contribution >= 4 is 42.9 Å². The van der Waals surface area contributed by atoms with Crippen molar-refractivity contribution in [2.24, 2.45) is 0 Å². The van der Waals surface area contributed by atoms with Crippen molar-refractivity contribution in [3.63, 3.8) is 0 Å². The van der Waals surface area contributed by atoms with Crippen LogP contribution < -0.4 is 9.80 Å². The highest BCUT2D eigenvalue weighted by Crippen LogP contribution is 2.39. The molecule has 2 fully saturated rings. The molecule has 166 valence electrons. The highest BCUT2D eigenvalue weighted by molar-refractivity contribution is 7.25. The van der Waals surface area contributed by atoms with E-state index in [-0.39, 0.29) is 0 Å². The Morgan fingerprint density at radius 1 is 0.645 bits per heavy atom. The van der Waals surface area contributed by atoms with Gasteiger partial charge in [0.25, 0.3) is 0 Å². The molecule has 3 aromatic rings. The molecule has 0 atom stereocenters.